The minimum absolute atomic E-state index is 0.0863. The number of benzene rings is 1. The summed E-state index contributed by atoms with van der Waals surface area (Å²) < 4.78 is 18.0. The molecular weight excluding hydrogens is 269 g/mol. The van der Waals surface area contributed by atoms with Crippen LogP contribution >= 0.6 is 0 Å². The van der Waals surface area contributed by atoms with Crippen molar-refractivity contribution < 1.29 is 18.8 Å². The molecule has 1 rings (SSSR count). The van der Waals surface area contributed by atoms with Crippen molar-refractivity contribution in [2.75, 3.05) is 11.9 Å². The number of carbonyl (C=O) groups excluding carboxylic acids is 1. The molecule has 0 radical (unpaired) electrons. The first-order valence-electron chi connectivity index (χ1n) is 5.47. The van der Waals surface area contributed by atoms with Crippen molar-refractivity contribution in [2.24, 2.45) is 0 Å². The third-order valence-corrected chi connectivity index (χ3v) is 2.15. The highest BCUT2D eigenvalue weighted by molar-refractivity contribution is 5.93. The van der Waals surface area contributed by atoms with Gasteiger partial charge in [0.05, 0.1) is 17.2 Å². The number of nitro benzene ring substituents is 1. The highest BCUT2D eigenvalue weighted by atomic mass is 19.1. The molecule has 0 bridgehead atoms. The van der Waals surface area contributed by atoms with Crippen LogP contribution in [0.1, 0.15) is 6.92 Å². The van der Waals surface area contributed by atoms with Crippen molar-refractivity contribution in [2.45, 2.75) is 6.92 Å². The average molecular weight is 279 g/mol. The van der Waals surface area contributed by atoms with E-state index < -0.39 is 16.7 Å². The summed E-state index contributed by atoms with van der Waals surface area (Å²) in [6.07, 6.45) is 0.931. The second kappa shape index (κ2) is 6.84. The zero-order chi connectivity index (χ0) is 15.1. The number of halogens is 1. The second-order valence-electron chi connectivity index (χ2n) is 3.46. The largest absolute Gasteiger partial charge is 0.462 e. The van der Waals surface area contributed by atoms with Crippen molar-refractivity contribution in [3.63, 3.8) is 0 Å². The van der Waals surface area contributed by atoms with Crippen LogP contribution in [0.3, 0.4) is 0 Å². The van der Waals surface area contributed by atoms with Gasteiger partial charge < -0.3 is 10.1 Å². The third-order valence-electron chi connectivity index (χ3n) is 2.15. The molecule has 0 unspecified atom stereocenters. The smallest absolute Gasteiger partial charge is 0.350 e. The minimum Gasteiger partial charge on any atom is -0.462 e. The summed E-state index contributed by atoms with van der Waals surface area (Å²) in [6, 6.07) is 4.44. The van der Waals surface area contributed by atoms with E-state index >= 15 is 0 Å². The van der Waals surface area contributed by atoms with E-state index in [0.717, 1.165) is 24.4 Å². The molecule has 0 saturated heterocycles. The molecule has 0 aliphatic rings. The summed E-state index contributed by atoms with van der Waals surface area (Å²) in [4.78, 5) is 21.2. The van der Waals surface area contributed by atoms with E-state index in [0.29, 0.717) is 0 Å². The van der Waals surface area contributed by atoms with Gasteiger partial charge in [0.2, 0.25) is 0 Å². The lowest BCUT2D eigenvalue weighted by atomic mass is 10.2. The summed E-state index contributed by atoms with van der Waals surface area (Å²) in [5, 5.41) is 21.7. The quantitative estimate of drug-likeness (QED) is 0.291. The van der Waals surface area contributed by atoms with Gasteiger partial charge in [0.15, 0.2) is 5.57 Å². The van der Waals surface area contributed by atoms with Crippen LogP contribution in [0.4, 0.5) is 15.8 Å². The van der Waals surface area contributed by atoms with Gasteiger partial charge >= 0.3 is 5.97 Å². The highest BCUT2D eigenvalue weighted by Gasteiger charge is 2.12. The highest BCUT2D eigenvalue weighted by Crippen LogP contribution is 2.21. The van der Waals surface area contributed by atoms with Gasteiger partial charge in [-0.2, -0.15) is 5.26 Å². The number of nitrogens with one attached hydrogen (secondary N) is 1. The molecule has 0 aromatic heterocycles. The number of nitriles is 1. The zero-order valence-corrected chi connectivity index (χ0v) is 10.4. The number of hydrogen-bond acceptors (Lipinski definition) is 6. The first-order chi connectivity index (χ1) is 9.49. The molecule has 0 aliphatic heterocycles. The molecule has 1 aromatic rings. The lowest BCUT2D eigenvalue weighted by molar-refractivity contribution is -0.384. The molecule has 1 aromatic carbocycles. The Bertz CT molecular complexity index is 607. The van der Waals surface area contributed by atoms with Crippen molar-refractivity contribution >= 4 is 17.3 Å². The maximum absolute atomic E-state index is 13.4. The molecule has 0 amide bonds. The molecule has 1 N–H and O–H groups in total. The number of ether oxygens (including phenoxy) is 1. The van der Waals surface area contributed by atoms with Crippen LogP contribution in [-0.2, 0) is 9.53 Å². The fourth-order valence-electron chi connectivity index (χ4n) is 1.23. The van der Waals surface area contributed by atoms with Gasteiger partial charge in [0.25, 0.3) is 5.69 Å². The Kier molecular flexibility index (Phi) is 5.17. The van der Waals surface area contributed by atoms with Crippen LogP contribution in [0.15, 0.2) is 30.0 Å². The summed E-state index contributed by atoms with van der Waals surface area (Å²) in [6.45, 7) is 1.66. The summed E-state index contributed by atoms with van der Waals surface area (Å²) in [5.74, 6) is -1.62. The molecular formula is C12H10FN3O4. The van der Waals surface area contributed by atoms with Crippen molar-refractivity contribution in [3.05, 3.63) is 45.9 Å². The Morgan fingerprint density at radius 2 is 2.35 bits per heavy atom. The number of non-ortho nitro benzene ring substituents is 1. The molecule has 0 heterocycles. The predicted molar refractivity (Wildman–Crippen MR) is 67.0 cm³/mol. The van der Waals surface area contributed by atoms with Crippen molar-refractivity contribution in [1.82, 2.24) is 0 Å². The normalized spacial score (nSPS) is 10.6. The second-order valence-corrected chi connectivity index (χ2v) is 3.46. The lowest BCUT2D eigenvalue weighted by Crippen LogP contribution is -2.08. The number of carbonyl (C=O) groups is 1. The number of esters is 1. The summed E-state index contributed by atoms with van der Waals surface area (Å²) in [7, 11) is 0. The Hall–Kier alpha value is -2.95. The van der Waals surface area contributed by atoms with E-state index in [-0.39, 0.29) is 23.6 Å². The topological polar surface area (TPSA) is 105 Å². The Balaban J connectivity index is 2.98. The molecule has 0 atom stereocenters. The third kappa shape index (κ3) is 3.78. The molecule has 104 valence electrons. The van der Waals surface area contributed by atoms with Crippen molar-refractivity contribution in [3.8, 4) is 6.07 Å². The fourth-order valence-corrected chi connectivity index (χ4v) is 1.23. The van der Waals surface area contributed by atoms with Gasteiger partial charge in [-0.05, 0) is 13.0 Å². The number of hydrogen-bond donors (Lipinski definition) is 1. The van der Waals surface area contributed by atoms with Gasteiger partial charge in [-0.3, -0.25) is 10.1 Å². The van der Waals surface area contributed by atoms with Crippen LogP contribution < -0.4 is 5.32 Å². The summed E-state index contributed by atoms with van der Waals surface area (Å²) in [5.41, 5.74) is -0.925. The van der Waals surface area contributed by atoms with Crippen LogP contribution in [0.5, 0.6) is 0 Å². The maximum Gasteiger partial charge on any atom is 0.350 e. The Morgan fingerprint density at radius 1 is 1.65 bits per heavy atom. The van der Waals surface area contributed by atoms with E-state index in [1.165, 1.54) is 0 Å². The van der Waals surface area contributed by atoms with Gasteiger partial charge in [0, 0.05) is 18.3 Å². The SMILES string of the molecule is CCOC(=O)/C(C#N)=C/Nc1cc([N+](=O)[O-])ccc1F. The minimum atomic E-state index is -0.867. The average Bonchev–Trinajstić information content (AvgIpc) is 2.41. The monoisotopic (exact) mass is 279 g/mol. The first kappa shape index (κ1) is 15.1. The number of rotatable bonds is 5. The standard InChI is InChI=1S/C12H10FN3O4/c1-2-20-12(17)8(6-14)7-15-11-5-9(16(18)19)3-4-10(11)13/h3-5,7,15H,2H2,1H3/b8-7+. The number of nitrogens with zero attached hydrogens (tertiary/aromatic N) is 2. The molecule has 0 saturated carbocycles. The lowest BCUT2D eigenvalue weighted by Gasteiger charge is -2.04. The molecule has 7 nitrogen and oxygen atoms in total. The van der Waals surface area contributed by atoms with E-state index in [2.05, 4.69) is 10.1 Å². The first-order valence-corrected chi connectivity index (χ1v) is 5.47. The van der Waals surface area contributed by atoms with Gasteiger partial charge in [-0.1, -0.05) is 0 Å². The van der Waals surface area contributed by atoms with Crippen LogP contribution in [0.25, 0.3) is 0 Å². The molecule has 0 fully saturated rings. The predicted octanol–water partition coefficient (Wildman–Crippen LogP) is 2.12. The zero-order valence-electron chi connectivity index (χ0n) is 10.4. The summed E-state index contributed by atoms with van der Waals surface area (Å²) >= 11 is 0. The number of nitro groups is 1. The molecule has 0 aliphatic carbocycles. The van der Waals surface area contributed by atoms with E-state index in [1.807, 2.05) is 0 Å². The molecule has 0 spiro atoms. The van der Waals surface area contributed by atoms with Gasteiger partial charge in [-0.25, -0.2) is 9.18 Å². The molecule has 8 heteroatoms. The molecule has 20 heavy (non-hydrogen) atoms. The van der Waals surface area contributed by atoms with Gasteiger partial charge in [-0.15, -0.1) is 0 Å². The van der Waals surface area contributed by atoms with E-state index in [4.69, 9.17) is 5.26 Å². The van der Waals surface area contributed by atoms with Crippen molar-refractivity contribution in [1.29, 1.82) is 5.26 Å². The van der Waals surface area contributed by atoms with Crippen LogP contribution in [0.2, 0.25) is 0 Å². The Labute approximate surface area is 113 Å². The number of anilines is 1. The maximum atomic E-state index is 13.4. The van der Waals surface area contributed by atoms with E-state index in [9.17, 15) is 19.3 Å². The van der Waals surface area contributed by atoms with Crippen LogP contribution in [0, 0.1) is 27.3 Å². The van der Waals surface area contributed by atoms with Crippen LogP contribution in [-0.4, -0.2) is 17.5 Å². The van der Waals surface area contributed by atoms with E-state index in [1.54, 1.807) is 13.0 Å². The Morgan fingerprint density at radius 3 is 2.90 bits per heavy atom. The fraction of sp³-hybridized carbons (Fsp3) is 0.167. The van der Waals surface area contributed by atoms with Gasteiger partial charge in [0.1, 0.15) is 11.9 Å².